The Morgan fingerprint density at radius 1 is 1.23 bits per heavy atom. The molecular weight excluding hydrogens is 506 g/mol. The number of rotatable bonds is 4. The Morgan fingerprint density at radius 2 is 1.97 bits per heavy atom. The van der Waals surface area contributed by atoms with Gasteiger partial charge in [-0.3, -0.25) is 18.9 Å². The van der Waals surface area contributed by atoms with E-state index in [4.69, 9.17) is 17.2 Å². The molecule has 3 aliphatic rings. The van der Waals surface area contributed by atoms with Crippen LogP contribution in [0.25, 0.3) is 11.7 Å². The minimum absolute atomic E-state index is 0.0525. The van der Waals surface area contributed by atoms with Crippen LogP contribution in [0.1, 0.15) is 24.5 Å². The first-order chi connectivity index (χ1) is 16.7. The molecule has 2 aromatic heterocycles. The summed E-state index contributed by atoms with van der Waals surface area (Å²) in [6, 6.07) is 3.26. The SMILES string of the molecule is CCN1CCN(c2nc3c(C)cccn3c(=O)c2/C=C2/SC(=S)N(C3CCS(=O)(=O)C3)C2=O)CC1. The number of thiocarbonyl (C=S) groups is 1. The molecule has 186 valence electrons. The maximum Gasteiger partial charge on any atom is 0.267 e. The molecule has 1 amide bonds. The predicted molar refractivity (Wildman–Crippen MR) is 143 cm³/mol. The number of aromatic nitrogens is 2. The predicted octanol–water partition coefficient (Wildman–Crippen LogP) is 1.53. The quantitative estimate of drug-likeness (QED) is 0.428. The third-order valence-corrected chi connectivity index (χ3v) is 9.94. The average molecular weight is 534 g/mol. The van der Waals surface area contributed by atoms with Crippen molar-refractivity contribution >= 4 is 61.6 Å². The fraction of sp³-hybridized carbons (Fsp3) is 0.478. The number of carbonyl (C=O) groups is 1. The third-order valence-electron chi connectivity index (χ3n) is 6.86. The Labute approximate surface area is 213 Å². The first-order valence-corrected chi connectivity index (χ1v) is 14.7. The number of sulfone groups is 1. The molecule has 35 heavy (non-hydrogen) atoms. The van der Waals surface area contributed by atoms with Gasteiger partial charge in [0.1, 0.15) is 15.8 Å². The topological polar surface area (TPSA) is 95.3 Å². The van der Waals surface area contributed by atoms with Gasteiger partial charge in [-0.15, -0.1) is 0 Å². The molecule has 0 spiro atoms. The van der Waals surface area contributed by atoms with Crippen LogP contribution in [-0.2, 0) is 14.6 Å². The molecule has 1 unspecified atom stereocenters. The Bertz CT molecular complexity index is 1410. The van der Waals surface area contributed by atoms with Gasteiger partial charge in [0.25, 0.3) is 11.5 Å². The van der Waals surface area contributed by atoms with E-state index in [0.29, 0.717) is 32.7 Å². The summed E-state index contributed by atoms with van der Waals surface area (Å²) >= 11 is 6.56. The molecule has 5 heterocycles. The lowest BCUT2D eigenvalue weighted by Gasteiger charge is -2.35. The third kappa shape index (κ3) is 4.52. The minimum Gasteiger partial charge on any atom is -0.353 e. The fourth-order valence-electron chi connectivity index (χ4n) is 4.85. The highest BCUT2D eigenvalue weighted by molar-refractivity contribution is 8.26. The number of anilines is 1. The molecule has 0 aromatic carbocycles. The molecule has 3 saturated heterocycles. The molecule has 1 atom stereocenters. The maximum atomic E-state index is 13.7. The summed E-state index contributed by atoms with van der Waals surface area (Å²) in [5.74, 6) is 0.183. The zero-order valence-electron chi connectivity index (χ0n) is 19.6. The van der Waals surface area contributed by atoms with Crippen molar-refractivity contribution in [2.45, 2.75) is 26.3 Å². The number of likely N-dealkylation sites (N-methyl/N-ethyl adjacent to an activating group) is 1. The lowest BCUT2D eigenvalue weighted by atomic mass is 10.2. The first-order valence-electron chi connectivity index (χ1n) is 11.7. The van der Waals surface area contributed by atoms with E-state index < -0.39 is 15.9 Å². The van der Waals surface area contributed by atoms with Gasteiger partial charge < -0.3 is 9.80 Å². The van der Waals surface area contributed by atoms with Crippen molar-refractivity contribution in [1.82, 2.24) is 19.2 Å². The lowest BCUT2D eigenvalue weighted by Crippen LogP contribution is -2.47. The van der Waals surface area contributed by atoms with E-state index in [1.807, 2.05) is 13.0 Å². The van der Waals surface area contributed by atoms with Crippen LogP contribution in [0.2, 0.25) is 0 Å². The molecule has 0 aliphatic carbocycles. The zero-order valence-corrected chi connectivity index (χ0v) is 22.1. The molecular formula is C23H27N5O4S3. The monoisotopic (exact) mass is 533 g/mol. The summed E-state index contributed by atoms with van der Waals surface area (Å²) < 4.78 is 25.8. The minimum atomic E-state index is -3.18. The van der Waals surface area contributed by atoms with Gasteiger partial charge in [-0.1, -0.05) is 37.0 Å². The first kappa shape index (κ1) is 24.4. The van der Waals surface area contributed by atoms with Gasteiger partial charge in [0.15, 0.2) is 9.84 Å². The smallest absolute Gasteiger partial charge is 0.267 e. The van der Waals surface area contributed by atoms with E-state index in [9.17, 15) is 18.0 Å². The largest absolute Gasteiger partial charge is 0.353 e. The van der Waals surface area contributed by atoms with E-state index in [-0.39, 0.29) is 23.0 Å². The van der Waals surface area contributed by atoms with Crippen LogP contribution in [0.15, 0.2) is 28.0 Å². The molecule has 12 heteroatoms. The Morgan fingerprint density at radius 3 is 2.63 bits per heavy atom. The molecule has 0 N–H and O–H groups in total. The second kappa shape index (κ2) is 9.30. The number of nitrogens with zero attached hydrogens (tertiary/aromatic N) is 5. The number of piperazine rings is 1. The van der Waals surface area contributed by atoms with E-state index in [2.05, 4.69) is 16.7 Å². The van der Waals surface area contributed by atoms with Crippen molar-refractivity contribution in [3.05, 3.63) is 44.7 Å². The molecule has 5 rings (SSSR count). The molecule has 3 fully saturated rings. The van der Waals surface area contributed by atoms with Gasteiger partial charge in [0.2, 0.25) is 0 Å². The number of pyridine rings is 1. The Kier molecular flexibility index (Phi) is 6.49. The average Bonchev–Trinajstić information content (AvgIpc) is 3.33. The molecule has 0 bridgehead atoms. The molecule has 9 nitrogen and oxygen atoms in total. The molecule has 3 aliphatic heterocycles. The van der Waals surface area contributed by atoms with Crippen LogP contribution >= 0.6 is 24.0 Å². The summed E-state index contributed by atoms with van der Waals surface area (Å²) in [5.41, 5.74) is 1.57. The number of thioether (sulfide) groups is 1. The highest BCUT2D eigenvalue weighted by Crippen LogP contribution is 2.37. The Hall–Kier alpha value is -2.28. The highest BCUT2D eigenvalue weighted by Gasteiger charge is 2.42. The lowest BCUT2D eigenvalue weighted by molar-refractivity contribution is -0.123. The van der Waals surface area contributed by atoms with E-state index >= 15 is 0 Å². The van der Waals surface area contributed by atoms with Crippen molar-refractivity contribution < 1.29 is 13.2 Å². The van der Waals surface area contributed by atoms with Gasteiger partial charge in [0.05, 0.1) is 28.0 Å². The zero-order chi connectivity index (χ0) is 24.9. The van der Waals surface area contributed by atoms with Gasteiger partial charge >= 0.3 is 0 Å². The van der Waals surface area contributed by atoms with Crippen molar-refractivity contribution in [1.29, 1.82) is 0 Å². The summed E-state index contributed by atoms with van der Waals surface area (Å²) in [6.45, 7) is 8.19. The van der Waals surface area contributed by atoms with E-state index in [1.165, 1.54) is 9.30 Å². The summed E-state index contributed by atoms with van der Waals surface area (Å²) in [5, 5.41) is 0. The number of hydrogen-bond acceptors (Lipinski definition) is 9. The van der Waals surface area contributed by atoms with Gasteiger partial charge in [-0.25, -0.2) is 13.4 Å². The Balaban J connectivity index is 1.58. The normalized spacial score (nSPS) is 24.3. The van der Waals surface area contributed by atoms with Gasteiger partial charge in [0, 0.05) is 32.4 Å². The van der Waals surface area contributed by atoms with Crippen LogP contribution < -0.4 is 10.5 Å². The van der Waals surface area contributed by atoms with Crippen LogP contribution in [0.5, 0.6) is 0 Å². The van der Waals surface area contributed by atoms with Crippen molar-refractivity contribution in [2.75, 3.05) is 49.1 Å². The van der Waals surface area contributed by atoms with Crippen LogP contribution in [0.4, 0.5) is 5.82 Å². The van der Waals surface area contributed by atoms with Crippen molar-refractivity contribution in [2.24, 2.45) is 0 Å². The maximum absolute atomic E-state index is 13.7. The number of hydrogen-bond donors (Lipinski definition) is 0. The van der Waals surface area contributed by atoms with Crippen LogP contribution in [-0.4, -0.2) is 88.1 Å². The fourth-order valence-corrected chi connectivity index (χ4v) is 7.93. The van der Waals surface area contributed by atoms with Crippen molar-refractivity contribution in [3.8, 4) is 0 Å². The van der Waals surface area contributed by atoms with E-state index in [0.717, 1.165) is 50.0 Å². The molecule has 2 aromatic rings. The summed E-state index contributed by atoms with van der Waals surface area (Å²) in [4.78, 5) is 38.0. The second-order valence-corrected chi connectivity index (χ2v) is 13.0. The van der Waals surface area contributed by atoms with Crippen molar-refractivity contribution in [3.63, 3.8) is 0 Å². The molecule has 0 radical (unpaired) electrons. The summed E-state index contributed by atoms with van der Waals surface area (Å²) in [6.07, 6.45) is 3.64. The summed E-state index contributed by atoms with van der Waals surface area (Å²) in [7, 11) is -3.18. The number of amides is 1. The standard InChI is InChI=1S/C23H27N5O4S3/c1-3-25-8-10-26(11-9-25)20-17(21(29)27-7-4-5-15(2)19(27)24-20)13-18-22(30)28(23(33)34-18)16-6-12-35(31,32)14-16/h4-5,7,13,16H,3,6,8-12,14H2,1-2H3/b18-13+. The number of fused-ring (bicyclic) bond motifs is 1. The number of aryl methyl sites for hydroxylation is 1. The number of carbonyl (C=O) groups excluding carboxylic acids is 1. The molecule has 0 saturated carbocycles. The highest BCUT2D eigenvalue weighted by atomic mass is 32.2. The second-order valence-electron chi connectivity index (χ2n) is 9.07. The van der Waals surface area contributed by atoms with Crippen LogP contribution in [0.3, 0.4) is 0 Å². The van der Waals surface area contributed by atoms with Gasteiger partial charge in [-0.05, 0) is 37.6 Å². The van der Waals surface area contributed by atoms with Gasteiger partial charge in [-0.2, -0.15) is 0 Å². The van der Waals surface area contributed by atoms with Crippen LogP contribution in [0, 0.1) is 6.92 Å². The van der Waals surface area contributed by atoms with E-state index in [1.54, 1.807) is 18.3 Å².